The Morgan fingerprint density at radius 3 is 2.95 bits per heavy atom. The molecule has 1 saturated heterocycles. The normalized spacial score (nSPS) is 18.0. The minimum Gasteiger partial charge on any atom is -0.369 e. The zero-order valence-electron chi connectivity index (χ0n) is 11.9. The molecule has 0 radical (unpaired) electrons. The smallest absolute Gasteiger partial charge is 0.212 e. The lowest BCUT2D eigenvalue weighted by atomic mass is 10.2. The van der Waals surface area contributed by atoms with Crippen LogP contribution in [0.3, 0.4) is 0 Å². The number of anilines is 1. The molecule has 0 aliphatic carbocycles. The Labute approximate surface area is 142 Å². The minimum absolute atomic E-state index is 0.393. The van der Waals surface area contributed by atoms with E-state index in [1.165, 1.54) is 6.07 Å². The van der Waals surface area contributed by atoms with Crippen LogP contribution >= 0.6 is 27.5 Å². The van der Waals surface area contributed by atoms with Crippen molar-refractivity contribution < 1.29 is 4.39 Å². The molecule has 1 fully saturated rings. The molecule has 3 nitrogen and oxygen atoms in total. The average Bonchev–Trinajstić information content (AvgIpc) is 2.96. The Balaban J connectivity index is 1.56. The van der Waals surface area contributed by atoms with Crippen LogP contribution in [-0.4, -0.2) is 24.1 Å². The highest BCUT2D eigenvalue weighted by molar-refractivity contribution is 9.10. The van der Waals surface area contributed by atoms with E-state index in [2.05, 4.69) is 31.1 Å². The Morgan fingerprint density at radius 2 is 2.23 bits per heavy atom. The fraction of sp³-hybridized carbons (Fsp3) is 0.312. The molecule has 2 aromatic rings. The molecule has 1 aromatic carbocycles. The summed E-state index contributed by atoms with van der Waals surface area (Å²) >= 11 is 9.64. The number of nitrogens with zero attached hydrogens (tertiary/aromatic N) is 2. The van der Waals surface area contributed by atoms with Crippen LogP contribution in [0.5, 0.6) is 0 Å². The number of aromatic nitrogens is 1. The van der Waals surface area contributed by atoms with Crippen LogP contribution in [0.2, 0.25) is 5.02 Å². The highest BCUT2D eigenvalue weighted by atomic mass is 79.9. The molecule has 1 aromatic heterocycles. The number of halogens is 3. The van der Waals surface area contributed by atoms with Gasteiger partial charge in [0.2, 0.25) is 5.95 Å². The lowest BCUT2D eigenvalue weighted by molar-refractivity contribution is 0.551. The second kappa shape index (κ2) is 6.94. The van der Waals surface area contributed by atoms with E-state index in [9.17, 15) is 4.39 Å². The van der Waals surface area contributed by atoms with Gasteiger partial charge in [-0.1, -0.05) is 33.6 Å². The minimum atomic E-state index is -0.442. The largest absolute Gasteiger partial charge is 0.369 e. The van der Waals surface area contributed by atoms with E-state index in [0.717, 1.165) is 46.8 Å². The van der Waals surface area contributed by atoms with Gasteiger partial charge in [0.05, 0.1) is 11.9 Å². The van der Waals surface area contributed by atoms with Gasteiger partial charge in [-0.3, -0.25) is 0 Å². The van der Waals surface area contributed by atoms with Gasteiger partial charge < -0.3 is 10.2 Å². The second-order valence-corrected chi connectivity index (χ2v) is 6.71. The first-order valence-corrected chi connectivity index (χ1v) is 8.33. The van der Waals surface area contributed by atoms with Crippen molar-refractivity contribution in [3.05, 3.63) is 57.5 Å². The van der Waals surface area contributed by atoms with Crippen LogP contribution in [0.25, 0.3) is 0 Å². The van der Waals surface area contributed by atoms with Gasteiger partial charge in [0.25, 0.3) is 0 Å². The molecular formula is C16H16BrClFN3. The number of benzene rings is 1. The second-order valence-electron chi connectivity index (χ2n) is 5.39. The van der Waals surface area contributed by atoms with Gasteiger partial charge in [0, 0.05) is 35.2 Å². The lowest BCUT2D eigenvalue weighted by Crippen LogP contribution is -2.32. The summed E-state index contributed by atoms with van der Waals surface area (Å²) < 4.78 is 13.9. The van der Waals surface area contributed by atoms with Crippen molar-refractivity contribution in [3.8, 4) is 0 Å². The fourth-order valence-electron chi connectivity index (χ4n) is 2.64. The standard InChI is InChI=1S/C16H16BrClFN3/c17-12-2-1-11(15(18)7-12)8-20-13-5-6-22(10-13)14-3-4-16(19)21-9-14/h1-4,7,9,13,20H,5-6,8,10H2/t13-/m0/s1. The van der Waals surface area contributed by atoms with Crippen molar-refractivity contribution in [2.75, 3.05) is 18.0 Å². The van der Waals surface area contributed by atoms with E-state index in [1.54, 1.807) is 12.3 Å². The topological polar surface area (TPSA) is 28.2 Å². The molecule has 6 heteroatoms. The van der Waals surface area contributed by atoms with Crippen LogP contribution in [0.1, 0.15) is 12.0 Å². The van der Waals surface area contributed by atoms with Crippen molar-refractivity contribution in [1.82, 2.24) is 10.3 Å². The summed E-state index contributed by atoms with van der Waals surface area (Å²) in [5.74, 6) is -0.442. The summed E-state index contributed by atoms with van der Waals surface area (Å²) in [7, 11) is 0. The number of pyridine rings is 1. The van der Waals surface area contributed by atoms with Gasteiger partial charge in [0.15, 0.2) is 0 Å². The van der Waals surface area contributed by atoms with Crippen molar-refractivity contribution in [2.45, 2.75) is 19.0 Å². The van der Waals surface area contributed by atoms with Crippen LogP contribution in [0.15, 0.2) is 41.0 Å². The molecule has 0 spiro atoms. The lowest BCUT2D eigenvalue weighted by Gasteiger charge is -2.18. The van der Waals surface area contributed by atoms with E-state index >= 15 is 0 Å². The van der Waals surface area contributed by atoms with Crippen LogP contribution in [0.4, 0.5) is 10.1 Å². The number of hydrogen-bond donors (Lipinski definition) is 1. The Morgan fingerprint density at radius 1 is 1.36 bits per heavy atom. The van der Waals surface area contributed by atoms with Crippen LogP contribution < -0.4 is 10.2 Å². The summed E-state index contributed by atoms with van der Waals surface area (Å²) in [6, 6.07) is 9.49. The molecule has 22 heavy (non-hydrogen) atoms. The summed E-state index contributed by atoms with van der Waals surface area (Å²) in [5.41, 5.74) is 2.05. The van der Waals surface area contributed by atoms with E-state index in [0.29, 0.717) is 6.04 Å². The number of nitrogens with one attached hydrogen (secondary N) is 1. The third-order valence-electron chi connectivity index (χ3n) is 3.86. The van der Waals surface area contributed by atoms with Gasteiger partial charge in [0.1, 0.15) is 0 Å². The summed E-state index contributed by atoms with van der Waals surface area (Å²) in [5, 5.41) is 4.30. The maximum absolute atomic E-state index is 12.9. The molecule has 1 N–H and O–H groups in total. The SMILES string of the molecule is Fc1ccc(N2CC[C@H](NCc3ccc(Br)cc3Cl)C2)cn1. The van der Waals surface area contributed by atoms with Gasteiger partial charge in [-0.15, -0.1) is 0 Å². The number of rotatable bonds is 4. The first-order chi connectivity index (χ1) is 10.6. The third kappa shape index (κ3) is 3.77. The zero-order chi connectivity index (χ0) is 15.5. The maximum atomic E-state index is 12.9. The molecule has 116 valence electrons. The number of hydrogen-bond acceptors (Lipinski definition) is 3. The summed E-state index contributed by atoms with van der Waals surface area (Å²) in [4.78, 5) is 5.93. The molecule has 1 aliphatic rings. The van der Waals surface area contributed by atoms with Crippen LogP contribution in [-0.2, 0) is 6.54 Å². The van der Waals surface area contributed by atoms with Crippen molar-refractivity contribution >= 4 is 33.2 Å². The predicted octanol–water partition coefficient (Wildman–Crippen LogP) is 4.01. The third-order valence-corrected chi connectivity index (χ3v) is 4.71. The molecule has 0 amide bonds. The van der Waals surface area contributed by atoms with E-state index in [-0.39, 0.29) is 0 Å². The molecule has 1 aliphatic heterocycles. The monoisotopic (exact) mass is 383 g/mol. The van der Waals surface area contributed by atoms with Crippen molar-refractivity contribution in [2.24, 2.45) is 0 Å². The molecule has 0 bridgehead atoms. The Hall–Kier alpha value is -1.17. The van der Waals surface area contributed by atoms with E-state index in [1.807, 2.05) is 18.2 Å². The molecule has 1 atom stereocenters. The van der Waals surface area contributed by atoms with E-state index < -0.39 is 5.95 Å². The molecule has 3 rings (SSSR count). The summed E-state index contributed by atoms with van der Waals surface area (Å²) in [6.07, 6.45) is 2.63. The Kier molecular flexibility index (Phi) is 4.96. The quantitative estimate of drug-likeness (QED) is 0.808. The molecular weight excluding hydrogens is 369 g/mol. The highest BCUT2D eigenvalue weighted by Crippen LogP contribution is 2.23. The predicted molar refractivity (Wildman–Crippen MR) is 90.8 cm³/mol. The first-order valence-electron chi connectivity index (χ1n) is 7.15. The maximum Gasteiger partial charge on any atom is 0.212 e. The molecule has 0 saturated carbocycles. The highest BCUT2D eigenvalue weighted by Gasteiger charge is 2.22. The van der Waals surface area contributed by atoms with Crippen molar-refractivity contribution in [3.63, 3.8) is 0 Å². The van der Waals surface area contributed by atoms with Gasteiger partial charge in [-0.25, -0.2) is 4.98 Å². The van der Waals surface area contributed by atoms with Gasteiger partial charge in [-0.2, -0.15) is 4.39 Å². The fourth-order valence-corrected chi connectivity index (χ4v) is 3.38. The van der Waals surface area contributed by atoms with Gasteiger partial charge in [-0.05, 0) is 36.2 Å². The van der Waals surface area contributed by atoms with Crippen LogP contribution in [0, 0.1) is 5.95 Å². The Bertz CT molecular complexity index is 650. The average molecular weight is 385 g/mol. The summed E-state index contributed by atoms with van der Waals surface area (Å²) in [6.45, 7) is 2.58. The molecule has 0 unspecified atom stereocenters. The van der Waals surface area contributed by atoms with E-state index in [4.69, 9.17) is 11.6 Å². The first kappa shape index (κ1) is 15.7. The van der Waals surface area contributed by atoms with Gasteiger partial charge >= 0.3 is 0 Å². The molecule has 2 heterocycles. The van der Waals surface area contributed by atoms with Crippen molar-refractivity contribution in [1.29, 1.82) is 0 Å². The zero-order valence-corrected chi connectivity index (χ0v) is 14.2.